The summed E-state index contributed by atoms with van der Waals surface area (Å²) < 4.78 is 4.89. The van der Waals surface area contributed by atoms with Crippen molar-refractivity contribution in [2.75, 3.05) is 0 Å². The number of aromatic nitrogens is 2. The number of aryl methyl sites for hydroxylation is 1. The van der Waals surface area contributed by atoms with Gasteiger partial charge < -0.3 is 9.84 Å². The molecule has 0 saturated heterocycles. The van der Waals surface area contributed by atoms with Crippen molar-refractivity contribution < 1.29 is 9.32 Å². The van der Waals surface area contributed by atoms with Gasteiger partial charge in [-0.3, -0.25) is 9.78 Å². The van der Waals surface area contributed by atoms with Gasteiger partial charge in [0.1, 0.15) is 0 Å². The van der Waals surface area contributed by atoms with Gasteiger partial charge in [0.25, 0.3) is 5.91 Å². The van der Waals surface area contributed by atoms with E-state index in [2.05, 4.69) is 15.5 Å². The van der Waals surface area contributed by atoms with Crippen molar-refractivity contribution in [2.45, 2.75) is 19.9 Å². The van der Waals surface area contributed by atoms with Gasteiger partial charge in [-0.25, -0.2) is 0 Å². The first-order valence-corrected chi connectivity index (χ1v) is 5.31. The first kappa shape index (κ1) is 11.3. The normalized spacial score (nSPS) is 12.1. The summed E-state index contributed by atoms with van der Waals surface area (Å²) in [5, 5.41) is 6.48. The van der Waals surface area contributed by atoms with E-state index < -0.39 is 0 Å². The number of carbonyl (C=O) groups excluding carboxylic acids is 1. The van der Waals surface area contributed by atoms with Gasteiger partial charge in [-0.05, 0) is 25.5 Å². The largest absolute Gasteiger partial charge is 0.351 e. The molecule has 2 heterocycles. The van der Waals surface area contributed by atoms with Crippen LogP contribution in [0.2, 0.25) is 0 Å². The van der Waals surface area contributed by atoms with Crippen molar-refractivity contribution in [2.24, 2.45) is 0 Å². The molecule has 2 rings (SSSR count). The minimum absolute atomic E-state index is 0.124. The number of hydrogen-bond donors (Lipinski definition) is 1. The molecule has 0 radical (unpaired) electrons. The SMILES string of the molecule is Cc1cc(C(=O)N[C@@H](C)c2cccnc2)on1. The second-order valence-corrected chi connectivity index (χ2v) is 3.81. The van der Waals surface area contributed by atoms with Crippen LogP contribution in [0.1, 0.15) is 34.8 Å². The van der Waals surface area contributed by atoms with Crippen molar-refractivity contribution >= 4 is 5.91 Å². The Morgan fingerprint density at radius 3 is 2.94 bits per heavy atom. The standard InChI is InChI=1S/C12H13N3O2/c1-8-6-11(17-15-8)12(16)14-9(2)10-4-3-5-13-7-10/h3-7,9H,1-2H3,(H,14,16)/t9-/m0/s1. The third-order valence-corrected chi connectivity index (χ3v) is 2.38. The molecular weight excluding hydrogens is 218 g/mol. The fraction of sp³-hybridized carbons (Fsp3) is 0.250. The van der Waals surface area contributed by atoms with E-state index in [1.165, 1.54) is 0 Å². The molecule has 5 heteroatoms. The molecule has 0 unspecified atom stereocenters. The van der Waals surface area contributed by atoms with Crippen LogP contribution >= 0.6 is 0 Å². The number of pyridine rings is 1. The summed E-state index contributed by atoms with van der Waals surface area (Å²) >= 11 is 0. The Hall–Kier alpha value is -2.17. The van der Waals surface area contributed by atoms with Gasteiger partial charge in [-0.2, -0.15) is 0 Å². The van der Waals surface area contributed by atoms with Crippen molar-refractivity contribution in [3.63, 3.8) is 0 Å². The van der Waals surface area contributed by atoms with Gasteiger partial charge >= 0.3 is 0 Å². The molecular formula is C12H13N3O2. The molecule has 0 aliphatic heterocycles. The van der Waals surface area contributed by atoms with E-state index in [0.29, 0.717) is 5.69 Å². The maximum Gasteiger partial charge on any atom is 0.290 e. The van der Waals surface area contributed by atoms with E-state index in [1.807, 2.05) is 19.1 Å². The van der Waals surface area contributed by atoms with Crippen LogP contribution in [0.4, 0.5) is 0 Å². The second kappa shape index (κ2) is 4.78. The average Bonchev–Trinajstić information content (AvgIpc) is 2.77. The molecule has 0 bridgehead atoms. The van der Waals surface area contributed by atoms with Crippen molar-refractivity contribution in [1.29, 1.82) is 0 Å². The topological polar surface area (TPSA) is 68.0 Å². The molecule has 2 aromatic rings. The number of nitrogens with zero attached hydrogens (tertiary/aromatic N) is 2. The van der Waals surface area contributed by atoms with Gasteiger partial charge in [0, 0.05) is 18.5 Å². The third-order valence-electron chi connectivity index (χ3n) is 2.38. The van der Waals surface area contributed by atoms with Crippen molar-refractivity contribution in [3.05, 3.63) is 47.6 Å². The van der Waals surface area contributed by atoms with Crippen LogP contribution in [0, 0.1) is 6.92 Å². The molecule has 1 amide bonds. The highest BCUT2D eigenvalue weighted by atomic mass is 16.5. The Kier molecular flexibility index (Phi) is 3.18. The van der Waals surface area contributed by atoms with Gasteiger partial charge in [0.15, 0.2) is 0 Å². The minimum atomic E-state index is -0.276. The number of rotatable bonds is 3. The minimum Gasteiger partial charge on any atom is -0.351 e. The highest BCUT2D eigenvalue weighted by molar-refractivity contribution is 5.91. The predicted octanol–water partition coefficient (Wildman–Crippen LogP) is 1.87. The van der Waals surface area contributed by atoms with Gasteiger partial charge in [0.05, 0.1) is 11.7 Å². The zero-order valence-corrected chi connectivity index (χ0v) is 9.68. The van der Waals surface area contributed by atoms with E-state index in [4.69, 9.17) is 4.52 Å². The van der Waals surface area contributed by atoms with Gasteiger partial charge in [-0.15, -0.1) is 0 Å². The van der Waals surface area contributed by atoms with Crippen molar-refractivity contribution in [3.8, 4) is 0 Å². The van der Waals surface area contributed by atoms with Crippen molar-refractivity contribution in [1.82, 2.24) is 15.5 Å². The van der Waals surface area contributed by atoms with Gasteiger partial charge in [0.2, 0.25) is 5.76 Å². The molecule has 1 N–H and O–H groups in total. The lowest BCUT2D eigenvalue weighted by molar-refractivity contribution is 0.0902. The summed E-state index contributed by atoms with van der Waals surface area (Å²) in [5.74, 6) is -0.0554. The molecule has 5 nitrogen and oxygen atoms in total. The number of nitrogens with one attached hydrogen (secondary N) is 1. The van der Waals surface area contributed by atoms with E-state index in [-0.39, 0.29) is 17.7 Å². The van der Waals surface area contributed by atoms with Crippen LogP contribution < -0.4 is 5.32 Å². The Morgan fingerprint density at radius 1 is 1.53 bits per heavy atom. The molecule has 0 aliphatic carbocycles. The van der Waals surface area contributed by atoms with E-state index in [0.717, 1.165) is 5.56 Å². The summed E-state index contributed by atoms with van der Waals surface area (Å²) in [6.45, 7) is 3.66. The van der Waals surface area contributed by atoms with Crippen LogP contribution in [0.15, 0.2) is 35.1 Å². The smallest absolute Gasteiger partial charge is 0.290 e. The molecule has 0 spiro atoms. The molecule has 0 saturated carbocycles. The molecule has 0 aromatic carbocycles. The molecule has 1 atom stereocenters. The fourth-order valence-electron chi connectivity index (χ4n) is 1.45. The van der Waals surface area contributed by atoms with Crippen LogP contribution in [-0.2, 0) is 0 Å². The second-order valence-electron chi connectivity index (χ2n) is 3.81. The fourth-order valence-corrected chi connectivity index (χ4v) is 1.45. The van der Waals surface area contributed by atoms with Crippen LogP contribution in [0.25, 0.3) is 0 Å². The number of hydrogen-bond acceptors (Lipinski definition) is 4. The summed E-state index contributed by atoms with van der Waals surface area (Å²) in [5.41, 5.74) is 1.63. The Morgan fingerprint density at radius 2 is 2.35 bits per heavy atom. The zero-order chi connectivity index (χ0) is 12.3. The van der Waals surface area contributed by atoms with Crippen LogP contribution in [0.3, 0.4) is 0 Å². The van der Waals surface area contributed by atoms with E-state index in [1.54, 1.807) is 25.4 Å². The summed E-state index contributed by atoms with van der Waals surface area (Å²) in [6, 6.07) is 5.22. The summed E-state index contributed by atoms with van der Waals surface area (Å²) in [6.07, 6.45) is 3.41. The summed E-state index contributed by atoms with van der Waals surface area (Å²) in [7, 11) is 0. The quantitative estimate of drug-likeness (QED) is 0.875. The lowest BCUT2D eigenvalue weighted by Crippen LogP contribution is -2.26. The molecule has 17 heavy (non-hydrogen) atoms. The first-order chi connectivity index (χ1) is 8.16. The average molecular weight is 231 g/mol. The van der Waals surface area contributed by atoms with Crippen LogP contribution in [-0.4, -0.2) is 16.0 Å². The lowest BCUT2D eigenvalue weighted by atomic mass is 10.1. The number of amides is 1. The lowest BCUT2D eigenvalue weighted by Gasteiger charge is -2.12. The predicted molar refractivity (Wildman–Crippen MR) is 61.4 cm³/mol. The maximum atomic E-state index is 11.8. The first-order valence-electron chi connectivity index (χ1n) is 5.31. The molecule has 2 aromatic heterocycles. The highest BCUT2D eigenvalue weighted by Gasteiger charge is 2.15. The molecule has 88 valence electrons. The molecule has 0 fully saturated rings. The molecule has 0 aliphatic rings. The maximum absolute atomic E-state index is 11.8. The van der Waals surface area contributed by atoms with E-state index in [9.17, 15) is 4.79 Å². The third kappa shape index (κ3) is 2.69. The monoisotopic (exact) mass is 231 g/mol. The Balaban J connectivity index is 2.04. The van der Waals surface area contributed by atoms with Crippen LogP contribution in [0.5, 0.6) is 0 Å². The highest BCUT2D eigenvalue weighted by Crippen LogP contribution is 2.11. The Bertz CT molecular complexity index is 507. The summed E-state index contributed by atoms with van der Waals surface area (Å²) in [4.78, 5) is 15.8. The van der Waals surface area contributed by atoms with Gasteiger partial charge in [-0.1, -0.05) is 11.2 Å². The zero-order valence-electron chi connectivity index (χ0n) is 9.68. The van der Waals surface area contributed by atoms with E-state index >= 15 is 0 Å². The Labute approximate surface area is 98.8 Å². The number of carbonyl (C=O) groups is 1.